The minimum Gasteiger partial charge on any atom is -0.332 e. The molecule has 1 fully saturated rings. The van der Waals surface area contributed by atoms with E-state index in [9.17, 15) is 27.6 Å². The first-order chi connectivity index (χ1) is 17.9. The predicted octanol–water partition coefficient (Wildman–Crippen LogP) is 5.21. The topological polar surface area (TPSA) is 104 Å². The molecule has 2 aliphatic rings. The number of anilines is 2. The summed E-state index contributed by atoms with van der Waals surface area (Å²) < 4.78 is 55.9. The lowest BCUT2D eigenvalue weighted by Gasteiger charge is -2.29. The number of nitrogens with one attached hydrogen (secondary N) is 1. The highest BCUT2D eigenvalue weighted by Crippen LogP contribution is 2.45. The fourth-order valence-electron chi connectivity index (χ4n) is 4.59. The zero-order valence-corrected chi connectivity index (χ0v) is 20.7. The number of likely N-dealkylation sites (tertiary alicyclic amines) is 1. The zero-order chi connectivity index (χ0) is 27.4. The number of fused-ring (bicyclic) bond motifs is 1. The van der Waals surface area contributed by atoms with Crippen LogP contribution < -0.4 is 9.96 Å². The molecule has 198 valence electrons. The van der Waals surface area contributed by atoms with Crippen LogP contribution in [0.3, 0.4) is 0 Å². The molecule has 5 rings (SSSR count). The lowest BCUT2D eigenvalue weighted by Crippen LogP contribution is -2.53. The number of halogens is 4. The van der Waals surface area contributed by atoms with Crippen LogP contribution >= 0.6 is 0 Å². The molecule has 0 aliphatic carbocycles. The van der Waals surface area contributed by atoms with Crippen LogP contribution in [0.4, 0.5) is 40.7 Å². The van der Waals surface area contributed by atoms with Crippen molar-refractivity contribution in [2.45, 2.75) is 39.2 Å². The molecular formula is C25H24F4N7O2+. The molecule has 4 heterocycles. The van der Waals surface area contributed by atoms with Crippen LogP contribution in [0.5, 0.6) is 0 Å². The smallest absolute Gasteiger partial charge is 0.267 e. The van der Waals surface area contributed by atoms with Gasteiger partial charge in [-0.05, 0) is 32.0 Å². The summed E-state index contributed by atoms with van der Waals surface area (Å²) >= 11 is 0. The number of alkyl halides is 2. The summed E-state index contributed by atoms with van der Waals surface area (Å²) in [5.41, 5.74) is 0.133. The quantitative estimate of drug-likeness (QED) is 0.347. The second-order valence-corrected chi connectivity index (χ2v) is 9.54. The van der Waals surface area contributed by atoms with Crippen LogP contribution in [0.2, 0.25) is 0 Å². The van der Waals surface area contributed by atoms with Crippen LogP contribution in [-0.4, -0.2) is 61.9 Å². The predicted molar refractivity (Wildman–Crippen MR) is 132 cm³/mol. The first kappa shape index (κ1) is 25.7. The lowest BCUT2D eigenvalue weighted by molar-refractivity contribution is -0.0305. The van der Waals surface area contributed by atoms with E-state index in [2.05, 4.69) is 25.3 Å². The van der Waals surface area contributed by atoms with Gasteiger partial charge in [0.1, 0.15) is 17.6 Å². The number of nitrogens with zero attached hydrogens (tertiary/aromatic N) is 6. The molecule has 9 nitrogen and oxygen atoms in total. The van der Waals surface area contributed by atoms with Gasteiger partial charge in [-0.3, -0.25) is 4.79 Å². The van der Waals surface area contributed by atoms with Crippen LogP contribution in [0.1, 0.15) is 37.6 Å². The van der Waals surface area contributed by atoms with Gasteiger partial charge in [0.25, 0.3) is 11.8 Å². The maximum absolute atomic E-state index is 15.0. The lowest BCUT2D eigenvalue weighted by atomic mass is 10.1. The van der Waals surface area contributed by atoms with Gasteiger partial charge < -0.3 is 10.2 Å². The van der Waals surface area contributed by atoms with E-state index in [0.29, 0.717) is 0 Å². The highest BCUT2D eigenvalue weighted by molar-refractivity contribution is 6.01. The number of hydroxylamine groups is 2. The van der Waals surface area contributed by atoms with Crippen molar-refractivity contribution in [2.24, 2.45) is 4.99 Å². The monoisotopic (exact) mass is 530 g/mol. The van der Waals surface area contributed by atoms with Gasteiger partial charge >= 0.3 is 0 Å². The maximum atomic E-state index is 15.0. The van der Waals surface area contributed by atoms with Crippen LogP contribution in [-0.2, 0) is 0 Å². The first-order valence-electron chi connectivity index (χ1n) is 11.8. The van der Waals surface area contributed by atoms with Gasteiger partial charge in [-0.15, -0.1) is 4.65 Å². The number of benzene rings is 1. The number of hydrogen-bond acceptors (Lipinski definition) is 7. The molecule has 0 spiro atoms. The summed E-state index contributed by atoms with van der Waals surface area (Å²) in [7, 11) is 0. The van der Waals surface area contributed by atoms with Crippen molar-refractivity contribution in [3.8, 4) is 11.3 Å². The number of rotatable bonds is 5. The Balaban J connectivity index is 1.40. The van der Waals surface area contributed by atoms with Gasteiger partial charge in [-0.25, -0.2) is 37.7 Å². The minimum absolute atomic E-state index is 0.0215. The van der Waals surface area contributed by atoms with E-state index >= 15 is 0 Å². The molecule has 0 bridgehead atoms. The minimum atomic E-state index is -2.90. The summed E-state index contributed by atoms with van der Waals surface area (Å²) in [6.45, 7) is 4.40. The van der Waals surface area contributed by atoms with E-state index in [-0.39, 0.29) is 64.8 Å². The third-order valence-electron chi connectivity index (χ3n) is 6.65. The third-order valence-corrected chi connectivity index (χ3v) is 6.65. The first-order valence-corrected chi connectivity index (χ1v) is 11.8. The Kier molecular flexibility index (Phi) is 6.15. The number of aliphatic imine (C=N–C) groups is 1. The van der Waals surface area contributed by atoms with Gasteiger partial charge in [-0.2, -0.15) is 4.99 Å². The fourth-order valence-corrected chi connectivity index (χ4v) is 4.59. The Morgan fingerprint density at radius 2 is 1.92 bits per heavy atom. The second kappa shape index (κ2) is 9.10. The standard InChI is InChI=1S/C25H23F4N7O2/c1-13(2)36(38)14(3)32-22-17(26)8-16(9-19(22)36)21-18(27)11-31-24(34-21)33-20-5-4-15(10-30-20)23(37)35-7-6-25(28,29)12-35/h4-5,8-11,13,38H,6-7,12H2,1-3H3/p+1. The van der Waals surface area contributed by atoms with Gasteiger partial charge in [0.05, 0.1) is 18.3 Å². The van der Waals surface area contributed by atoms with Crippen molar-refractivity contribution in [3.63, 3.8) is 0 Å². The van der Waals surface area contributed by atoms with Crippen LogP contribution in [0.15, 0.2) is 41.7 Å². The zero-order valence-electron chi connectivity index (χ0n) is 20.7. The van der Waals surface area contributed by atoms with E-state index in [1.165, 1.54) is 24.4 Å². The van der Waals surface area contributed by atoms with Gasteiger partial charge in [-0.1, -0.05) is 0 Å². The summed E-state index contributed by atoms with van der Waals surface area (Å²) in [6.07, 6.45) is 1.76. The fraction of sp³-hybridized carbons (Fsp3) is 0.320. The van der Waals surface area contributed by atoms with Gasteiger partial charge in [0.2, 0.25) is 17.5 Å². The van der Waals surface area contributed by atoms with Crippen LogP contribution in [0.25, 0.3) is 11.3 Å². The van der Waals surface area contributed by atoms with Crippen molar-refractivity contribution >= 4 is 34.9 Å². The number of quaternary nitrogens is 1. The number of aromatic nitrogens is 3. The summed E-state index contributed by atoms with van der Waals surface area (Å²) in [6, 6.07) is 4.99. The maximum Gasteiger partial charge on any atom is 0.267 e. The molecular weight excluding hydrogens is 506 g/mol. The van der Waals surface area contributed by atoms with Crippen molar-refractivity contribution in [1.29, 1.82) is 0 Å². The Bertz CT molecular complexity index is 1460. The average Bonchev–Trinajstić information content (AvgIpc) is 3.37. The molecule has 0 radical (unpaired) electrons. The molecule has 3 aromatic rings. The molecule has 0 saturated carbocycles. The SMILES string of the molecule is CC1=Nc2c(F)cc(-c3nc(Nc4ccc(C(=O)N5CCC(F)(F)C5)cn4)ncc3F)cc2[N+]1(O)C(C)C. The number of amides is 1. The van der Waals surface area contributed by atoms with E-state index in [1.54, 1.807) is 20.8 Å². The van der Waals surface area contributed by atoms with Gasteiger partial charge in [0, 0.05) is 37.7 Å². The van der Waals surface area contributed by atoms with Crippen molar-refractivity contribution in [1.82, 2.24) is 24.5 Å². The second-order valence-electron chi connectivity index (χ2n) is 9.54. The number of amidine groups is 1. The summed E-state index contributed by atoms with van der Waals surface area (Å²) in [5, 5.41) is 14.0. The molecule has 1 aromatic carbocycles. The number of pyridine rings is 1. The summed E-state index contributed by atoms with van der Waals surface area (Å²) in [4.78, 5) is 29.9. The molecule has 1 saturated heterocycles. The summed E-state index contributed by atoms with van der Waals surface area (Å²) in [5.74, 6) is -4.58. The van der Waals surface area contributed by atoms with Crippen LogP contribution in [0, 0.1) is 11.6 Å². The highest BCUT2D eigenvalue weighted by atomic mass is 19.3. The Hall–Kier alpha value is -3.97. The molecule has 1 amide bonds. The molecule has 2 N–H and O–H groups in total. The Labute approximate surface area is 215 Å². The largest absolute Gasteiger partial charge is 0.332 e. The molecule has 2 aromatic heterocycles. The molecule has 1 atom stereocenters. The molecule has 38 heavy (non-hydrogen) atoms. The van der Waals surface area contributed by atoms with E-state index in [0.717, 1.165) is 17.2 Å². The molecule has 2 aliphatic heterocycles. The Morgan fingerprint density at radius 1 is 1.16 bits per heavy atom. The normalized spacial score (nSPS) is 20.0. The molecule has 1 unspecified atom stereocenters. The van der Waals surface area contributed by atoms with Crippen molar-refractivity contribution in [3.05, 3.63) is 53.9 Å². The van der Waals surface area contributed by atoms with E-state index in [4.69, 9.17) is 0 Å². The number of hydrogen-bond donors (Lipinski definition) is 2. The average molecular weight is 531 g/mol. The number of carbonyl (C=O) groups excluding carboxylic acids is 1. The Morgan fingerprint density at radius 3 is 2.55 bits per heavy atom. The van der Waals surface area contributed by atoms with Crippen molar-refractivity contribution in [2.75, 3.05) is 18.4 Å². The third kappa shape index (κ3) is 4.37. The van der Waals surface area contributed by atoms with E-state index < -0.39 is 34.7 Å². The number of carbonyl (C=O) groups is 1. The van der Waals surface area contributed by atoms with E-state index in [1.807, 2.05) is 0 Å². The van der Waals surface area contributed by atoms with Gasteiger partial charge in [0.15, 0.2) is 17.3 Å². The van der Waals surface area contributed by atoms with Crippen molar-refractivity contribution < 1.29 is 27.6 Å². The molecule has 13 heteroatoms. The highest BCUT2D eigenvalue weighted by Gasteiger charge is 2.46.